The molecule has 0 unspecified atom stereocenters. The largest absolute Gasteiger partial charge is 0.494 e. The van der Waals surface area contributed by atoms with Gasteiger partial charge in [0.15, 0.2) is 11.5 Å². The second kappa shape index (κ2) is 6.50. The van der Waals surface area contributed by atoms with Gasteiger partial charge in [-0.15, -0.1) is 0 Å². The van der Waals surface area contributed by atoms with Gasteiger partial charge in [0.05, 0.1) is 13.2 Å². The average molecular weight is 368 g/mol. The van der Waals surface area contributed by atoms with Crippen LogP contribution in [-0.2, 0) is 16.9 Å². The minimum atomic E-state index is -1.17. The van der Waals surface area contributed by atoms with E-state index in [-0.39, 0.29) is 19.2 Å². The number of fused-ring (bicyclic) bond motifs is 1. The van der Waals surface area contributed by atoms with E-state index < -0.39 is 11.6 Å². The zero-order valence-corrected chi connectivity index (χ0v) is 15.2. The Morgan fingerprint density at radius 2 is 1.93 bits per heavy atom. The number of amides is 3. The molecule has 27 heavy (non-hydrogen) atoms. The van der Waals surface area contributed by atoms with Crippen molar-refractivity contribution in [2.75, 3.05) is 13.4 Å². The smallest absolute Gasteiger partial charge is 0.325 e. The topological polar surface area (TPSA) is 77.1 Å². The summed E-state index contributed by atoms with van der Waals surface area (Å²) in [5.41, 5.74) is 0.252. The van der Waals surface area contributed by atoms with Gasteiger partial charge in [-0.1, -0.05) is 24.3 Å². The van der Waals surface area contributed by atoms with Crippen LogP contribution in [0.3, 0.4) is 0 Å². The molecule has 0 bridgehead atoms. The molecule has 4 rings (SSSR count). The fraction of sp³-hybridized carbons (Fsp3) is 0.300. The second-order valence-electron chi connectivity index (χ2n) is 6.56. The van der Waals surface area contributed by atoms with Crippen LogP contribution in [0.2, 0.25) is 0 Å². The van der Waals surface area contributed by atoms with Gasteiger partial charge in [0.1, 0.15) is 11.3 Å². The number of ether oxygens (including phenoxy) is 3. The monoisotopic (exact) mass is 368 g/mol. The van der Waals surface area contributed by atoms with Gasteiger partial charge in [0, 0.05) is 5.56 Å². The lowest BCUT2D eigenvalue weighted by molar-refractivity contribution is -0.131. The molecular formula is C20H20N2O5. The van der Waals surface area contributed by atoms with Crippen molar-refractivity contribution in [1.29, 1.82) is 0 Å². The van der Waals surface area contributed by atoms with Gasteiger partial charge in [0.25, 0.3) is 5.91 Å². The molecule has 0 aliphatic carbocycles. The Labute approximate surface area is 156 Å². The van der Waals surface area contributed by atoms with E-state index in [9.17, 15) is 9.59 Å². The lowest BCUT2D eigenvalue weighted by Crippen LogP contribution is -2.40. The number of rotatable bonds is 5. The first-order valence-electron chi connectivity index (χ1n) is 8.78. The molecule has 1 atom stereocenters. The molecule has 140 valence electrons. The van der Waals surface area contributed by atoms with E-state index >= 15 is 0 Å². The Kier molecular flexibility index (Phi) is 4.14. The molecule has 1 fully saturated rings. The number of urea groups is 1. The highest BCUT2D eigenvalue weighted by Gasteiger charge is 2.49. The zero-order valence-electron chi connectivity index (χ0n) is 15.2. The highest BCUT2D eigenvalue weighted by molar-refractivity contribution is 6.07. The van der Waals surface area contributed by atoms with Crippen molar-refractivity contribution in [3.8, 4) is 17.2 Å². The Balaban J connectivity index is 1.62. The maximum Gasteiger partial charge on any atom is 0.325 e. The first kappa shape index (κ1) is 17.2. The normalized spacial score (nSPS) is 20.7. The van der Waals surface area contributed by atoms with Crippen molar-refractivity contribution in [3.63, 3.8) is 0 Å². The zero-order chi connectivity index (χ0) is 19.0. The van der Waals surface area contributed by atoms with Gasteiger partial charge in [0.2, 0.25) is 6.79 Å². The number of para-hydroxylation sites is 1. The highest BCUT2D eigenvalue weighted by Crippen LogP contribution is 2.38. The van der Waals surface area contributed by atoms with E-state index in [0.29, 0.717) is 29.4 Å². The summed E-state index contributed by atoms with van der Waals surface area (Å²) < 4.78 is 16.3. The predicted molar refractivity (Wildman–Crippen MR) is 96.6 cm³/mol. The van der Waals surface area contributed by atoms with Gasteiger partial charge in [-0.2, -0.15) is 0 Å². The van der Waals surface area contributed by atoms with Crippen LogP contribution in [-0.4, -0.2) is 30.2 Å². The van der Waals surface area contributed by atoms with Crippen molar-refractivity contribution in [3.05, 3.63) is 53.6 Å². The third-order valence-electron chi connectivity index (χ3n) is 4.83. The molecule has 1 saturated heterocycles. The third-order valence-corrected chi connectivity index (χ3v) is 4.83. The van der Waals surface area contributed by atoms with E-state index in [2.05, 4.69) is 5.32 Å². The van der Waals surface area contributed by atoms with E-state index in [1.54, 1.807) is 25.1 Å². The Hall–Kier alpha value is -3.22. The van der Waals surface area contributed by atoms with E-state index in [1.807, 2.05) is 31.2 Å². The van der Waals surface area contributed by atoms with Crippen LogP contribution >= 0.6 is 0 Å². The molecule has 2 aliphatic heterocycles. The number of benzene rings is 2. The summed E-state index contributed by atoms with van der Waals surface area (Å²) in [6, 6.07) is 12.2. The summed E-state index contributed by atoms with van der Waals surface area (Å²) in [6.07, 6.45) is 0. The van der Waals surface area contributed by atoms with Crippen LogP contribution in [0.1, 0.15) is 25.0 Å². The highest BCUT2D eigenvalue weighted by atomic mass is 16.7. The summed E-state index contributed by atoms with van der Waals surface area (Å²) in [6.45, 7) is 4.38. The van der Waals surface area contributed by atoms with Gasteiger partial charge in [-0.25, -0.2) is 4.79 Å². The van der Waals surface area contributed by atoms with E-state index in [0.717, 1.165) is 5.56 Å². The van der Waals surface area contributed by atoms with Crippen molar-refractivity contribution in [1.82, 2.24) is 10.2 Å². The average Bonchev–Trinajstić information content (AvgIpc) is 3.22. The lowest BCUT2D eigenvalue weighted by atomic mass is 9.91. The molecule has 0 saturated carbocycles. The quantitative estimate of drug-likeness (QED) is 0.821. The Bertz CT molecular complexity index is 913. The van der Waals surface area contributed by atoms with Gasteiger partial charge in [-0.05, 0) is 37.6 Å². The molecule has 7 heteroatoms. The summed E-state index contributed by atoms with van der Waals surface area (Å²) in [7, 11) is 0. The standard InChI is InChI=1S/C20H20N2O5/c1-3-25-15-7-5-4-6-13(15)11-22-18(23)20(2,21-19(22)24)14-8-9-16-17(10-14)27-12-26-16/h4-10H,3,11-12H2,1-2H3,(H,21,24)/t20-/m0/s1. The number of carbonyl (C=O) groups is 2. The van der Waals surface area contributed by atoms with Crippen LogP contribution < -0.4 is 19.5 Å². The van der Waals surface area contributed by atoms with Crippen LogP contribution in [0.15, 0.2) is 42.5 Å². The molecule has 3 amide bonds. The summed E-state index contributed by atoms with van der Waals surface area (Å²) >= 11 is 0. The molecule has 2 aliphatic rings. The SMILES string of the molecule is CCOc1ccccc1CN1C(=O)N[C@@](C)(c2ccc3c(c2)OCO3)C1=O. The van der Waals surface area contributed by atoms with Crippen LogP contribution in [0, 0.1) is 0 Å². The predicted octanol–water partition coefficient (Wildman–Crippen LogP) is 2.78. The Morgan fingerprint density at radius 1 is 1.15 bits per heavy atom. The molecule has 2 aromatic rings. The molecule has 0 radical (unpaired) electrons. The van der Waals surface area contributed by atoms with Crippen LogP contribution in [0.25, 0.3) is 0 Å². The number of nitrogens with one attached hydrogen (secondary N) is 1. The summed E-state index contributed by atoms with van der Waals surface area (Å²) in [5, 5.41) is 2.81. The van der Waals surface area contributed by atoms with Gasteiger partial charge >= 0.3 is 6.03 Å². The molecule has 0 spiro atoms. The Morgan fingerprint density at radius 3 is 2.74 bits per heavy atom. The molecule has 0 aromatic heterocycles. The first-order chi connectivity index (χ1) is 13.0. The van der Waals surface area contributed by atoms with Crippen molar-refractivity contribution >= 4 is 11.9 Å². The van der Waals surface area contributed by atoms with Crippen LogP contribution in [0.4, 0.5) is 4.79 Å². The number of carbonyl (C=O) groups excluding carboxylic acids is 2. The van der Waals surface area contributed by atoms with Crippen molar-refractivity contribution in [2.24, 2.45) is 0 Å². The number of imide groups is 1. The fourth-order valence-electron chi connectivity index (χ4n) is 3.34. The lowest BCUT2D eigenvalue weighted by Gasteiger charge is -2.22. The van der Waals surface area contributed by atoms with Crippen LogP contribution in [0.5, 0.6) is 17.2 Å². The van der Waals surface area contributed by atoms with Crippen molar-refractivity contribution < 1.29 is 23.8 Å². The third kappa shape index (κ3) is 2.85. The summed E-state index contributed by atoms with van der Waals surface area (Å²) in [4.78, 5) is 26.9. The van der Waals surface area contributed by atoms with Crippen molar-refractivity contribution in [2.45, 2.75) is 25.9 Å². The first-order valence-corrected chi connectivity index (χ1v) is 8.78. The van der Waals surface area contributed by atoms with E-state index in [1.165, 1.54) is 4.90 Å². The maximum absolute atomic E-state index is 13.1. The molecule has 7 nitrogen and oxygen atoms in total. The fourth-order valence-corrected chi connectivity index (χ4v) is 3.34. The maximum atomic E-state index is 13.1. The minimum absolute atomic E-state index is 0.140. The minimum Gasteiger partial charge on any atom is -0.494 e. The van der Waals surface area contributed by atoms with Gasteiger partial charge < -0.3 is 19.5 Å². The summed E-state index contributed by atoms with van der Waals surface area (Å²) in [5.74, 6) is 1.53. The molecule has 1 N–H and O–H groups in total. The number of nitrogens with zero attached hydrogens (tertiary/aromatic N) is 1. The molecular weight excluding hydrogens is 348 g/mol. The molecule has 2 aromatic carbocycles. The van der Waals surface area contributed by atoms with Gasteiger partial charge in [-0.3, -0.25) is 9.69 Å². The molecule has 2 heterocycles. The second-order valence-corrected chi connectivity index (χ2v) is 6.56. The number of hydrogen-bond donors (Lipinski definition) is 1. The van der Waals surface area contributed by atoms with E-state index in [4.69, 9.17) is 14.2 Å². The number of hydrogen-bond acceptors (Lipinski definition) is 5.